The number of hydrogen-bond acceptors (Lipinski definition) is 1. The van der Waals surface area contributed by atoms with Gasteiger partial charge >= 0.3 is 0 Å². The summed E-state index contributed by atoms with van der Waals surface area (Å²) in [7, 11) is 2.07. The molecule has 0 aliphatic carbocycles. The number of nitrogens with one attached hydrogen (secondary N) is 1. The summed E-state index contributed by atoms with van der Waals surface area (Å²) in [6.07, 6.45) is 3.68. The van der Waals surface area contributed by atoms with Gasteiger partial charge in [-0.3, -0.25) is 0 Å². The first kappa shape index (κ1) is 13.2. The average molecular weight is 219 g/mol. The lowest BCUT2D eigenvalue weighted by molar-refractivity contribution is 0.410. The van der Waals surface area contributed by atoms with Crippen molar-refractivity contribution in [2.45, 2.75) is 46.1 Å². The van der Waals surface area contributed by atoms with Crippen LogP contribution in [0.15, 0.2) is 24.3 Å². The summed E-state index contributed by atoms with van der Waals surface area (Å²) in [4.78, 5) is 0. The van der Waals surface area contributed by atoms with Gasteiger partial charge in [-0.15, -0.1) is 0 Å². The van der Waals surface area contributed by atoms with Crippen molar-refractivity contribution in [2.75, 3.05) is 7.05 Å². The zero-order valence-electron chi connectivity index (χ0n) is 11.1. The van der Waals surface area contributed by atoms with E-state index in [0.29, 0.717) is 6.04 Å². The molecule has 1 heteroatoms. The van der Waals surface area contributed by atoms with E-state index < -0.39 is 0 Å². The van der Waals surface area contributed by atoms with Crippen LogP contribution >= 0.6 is 0 Å². The van der Waals surface area contributed by atoms with E-state index in [0.717, 1.165) is 12.3 Å². The fourth-order valence-electron chi connectivity index (χ4n) is 2.08. The zero-order valence-corrected chi connectivity index (χ0v) is 11.1. The molecule has 0 heterocycles. The highest BCUT2D eigenvalue weighted by atomic mass is 14.9. The molecule has 0 spiro atoms. The van der Waals surface area contributed by atoms with Crippen molar-refractivity contribution in [3.05, 3.63) is 35.4 Å². The lowest BCUT2D eigenvalue weighted by Gasteiger charge is -2.20. The van der Waals surface area contributed by atoms with Crippen LogP contribution in [0.2, 0.25) is 0 Å². The van der Waals surface area contributed by atoms with Gasteiger partial charge in [-0.2, -0.15) is 0 Å². The smallest absolute Gasteiger partial charge is 0.0107 e. The minimum atomic E-state index is 0.608. The standard InChI is InChI=1S/C15H25N/c1-5-12(2)10-15(16-4)11-14-8-6-7-13(3)9-14/h6-9,12,15-16H,5,10-11H2,1-4H3. The molecule has 0 aliphatic rings. The van der Waals surface area contributed by atoms with Gasteiger partial charge in [0.2, 0.25) is 0 Å². The molecular formula is C15H25N. The summed E-state index contributed by atoms with van der Waals surface area (Å²) in [5.74, 6) is 0.808. The zero-order chi connectivity index (χ0) is 12.0. The largest absolute Gasteiger partial charge is 0.317 e. The quantitative estimate of drug-likeness (QED) is 0.771. The van der Waals surface area contributed by atoms with Crippen LogP contribution < -0.4 is 5.32 Å². The van der Waals surface area contributed by atoms with Crippen LogP contribution in [0, 0.1) is 12.8 Å². The van der Waals surface area contributed by atoms with E-state index >= 15 is 0 Å². The Hall–Kier alpha value is -0.820. The molecule has 1 nitrogen and oxygen atoms in total. The number of likely N-dealkylation sites (N-methyl/N-ethyl adjacent to an activating group) is 1. The second-order valence-corrected chi connectivity index (χ2v) is 4.93. The van der Waals surface area contributed by atoms with Crippen LogP contribution in [0.3, 0.4) is 0 Å². The molecule has 0 bridgehead atoms. The van der Waals surface area contributed by atoms with Gasteiger partial charge in [-0.25, -0.2) is 0 Å². The van der Waals surface area contributed by atoms with E-state index in [4.69, 9.17) is 0 Å². The molecule has 0 radical (unpaired) electrons. The normalized spacial score (nSPS) is 14.8. The lowest BCUT2D eigenvalue weighted by atomic mass is 9.94. The Bertz CT molecular complexity index is 306. The van der Waals surface area contributed by atoms with Crippen LogP contribution in [0.5, 0.6) is 0 Å². The fraction of sp³-hybridized carbons (Fsp3) is 0.600. The molecular weight excluding hydrogens is 194 g/mol. The Morgan fingerprint density at radius 3 is 2.62 bits per heavy atom. The molecule has 0 aliphatic heterocycles. The summed E-state index contributed by atoms with van der Waals surface area (Å²) in [6.45, 7) is 6.76. The number of hydrogen-bond donors (Lipinski definition) is 1. The maximum atomic E-state index is 3.44. The predicted molar refractivity (Wildman–Crippen MR) is 71.8 cm³/mol. The first-order valence-electron chi connectivity index (χ1n) is 6.38. The van der Waals surface area contributed by atoms with E-state index in [2.05, 4.69) is 57.4 Å². The van der Waals surface area contributed by atoms with E-state index in [1.165, 1.54) is 24.0 Å². The monoisotopic (exact) mass is 219 g/mol. The Morgan fingerprint density at radius 1 is 1.31 bits per heavy atom. The third-order valence-corrected chi connectivity index (χ3v) is 3.36. The van der Waals surface area contributed by atoms with Crippen molar-refractivity contribution in [3.8, 4) is 0 Å². The van der Waals surface area contributed by atoms with Gasteiger partial charge in [-0.05, 0) is 38.3 Å². The molecule has 1 aromatic rings. The molecule has 0 aromatic heterocycles. The number of aryl methyl sites for hydroxylation is 1. The van der Waals surface area contributed by atoms with Gasteiger partial charge in [0, 0.05) is 6.04 Å². The third kappa shape index (κ3) is 4.36. The summed E-state index contributed by atoms with van der Waals surface area (Å²) in [5, 5.41) is 3.44. The van der Waals surface area contributed by atoms with Crippen molar-refractivity contribution in [3.63, 3.8) is 0 Å². The van der Waals surface area contributed by atoms with Crippen LogP contribution in [0.4, 0.5) is 0 Å². The molecule has 1 rings (SSSR count). The van der Waals surface area contributed by atoms with E-state index in [1.807, 2.05) is 0 Å². The van der Waals surface area contributed by atoms with Gasteiger partial charge < -0.3 is 5.32 Å². The summed E-state index contributed by atoms with van der Waals surface area (Å²) >= 11 is 0. The highest BCUT2D eigenvalue weighted by Gasteiger charge is 2.10. The van der Waals surface area contributed by atoms with Crippen molar-refractivity contribution in [1.29, 1.82) is 0 Å². The van der Waals surface area contributed by atoms with Crippen molar-refractivity contribution < 1.29 is 0 Å². The van der Waals surface area contributed by atoms with E-state index in [9.17, 15) is 0 Å². The molecule has 2 unspecified atom stereocenters. The second-order valence-electron chi connectivity index (χ2n) is 4.93. The Kier molecular flexibility index (Phi) is 5.54. The van der Waals surface area contributed by atoms with Gasteiger partial charge in [0.15, 0.2) is 0 Å². The van der Waals surface area contributed by atoms with Crippen molar-refractivity contribution in [2.24, 2.45) is 5.92 Å². The van der Waals surface area contributed by atoms with Gasteiger partial charge in [0.05, 0.1) is 0 Å². The molecule has 1 N–H and O–H groups in total. The van der Waals surface area contributed by atoms with Crippen LogP contribution in [-0.2, 0) is 6.42 Å². The molecule has 0 saturated heterocycles. The second kappa shape index (κ2) is 6.70. The summed E-state index contributed by atoms with van der Waals surface area (Å²) in [6, 6.07) is 9.44. The molecule has 2 atom stereocenters. The highest BCUT2D eigenvalue weighted by molar-refractivity contribution is 5.22. The molecule has 0 fully saturated rings. The summed E-state index contributed by atoms with van der Waals surface area (Å²) < 4.78 is 0. The van der Waals surface area contributed by atoms with Crippen LogP contribution in [-0.4, -0.2) is 13.1 Å². The Balaban J connectivity index is 2.56. The molecule has 0 saturated carbocycles. The molecule has 0 amide bonds. The molecule has 90 valence electrons. The maximum absolute atomic E-state index is 3.44. The van der Waals surface area contributed by atoms with Crippen LogP contribution in [0.1, 0.15) is 37.8 Å². The van der Waals surface area contributed by atoms with Gasteiger partial charge in [0.25, 0.3) is 0 Å². The Morgan fingerprint density at radius 2 is 2.06 bits per heavy atom. The van der Waals surface area contributed by atoms with E-state index in [1.54, 1.807) is 0 Å². The lowest BCUT2D eigenvalue weighted by Crippen LogP contribution is -2.29. The minimum Gasteiger partial charge on any atom is -0.317 e. The summed E-state index contributed by atoms with van der Waals surface area (Å²) in [5.41, 5.74) is 2.80. The topological polar surface area (TPSA) is 12.0 Å². The fourth-order valence-corrected chi connectivity index (χ4v) is 2.08. The van der Waals surface area contributed by atoms with Crippen molar-refractivity contribution >= 4 is 0 Å². The maximum Gasteiger partial charge on any atom is 0.0107 e. The van der Waals surface area contributed by atoms with E-state index in [-0.39, 0.29) is 0 Å². The van der Waals surface area contributed by atoms with Gasteiger partial charge in [0.1, 0.15) is 0 Å². The molecule has 16 heavy (non-hydrogen) atoms. The average Bonchev–Trinajstić information content (AvgIpc) is 2.28. The first-order valence-corrected chi connectivity index (χ1v) is 6.38. The first-order chi connectivity index (χ1) is 7.65. The number of rotatable bonds is 6. The number of benzene rings is 1. The third-order valence-electron chi connectivity index (χ3n) is 3.36. The SMILES string of the molecule is CCC(C)CC(Cc1cccc(C)c1)NC. The predicted octanol–water partition coefficient (Wildman–Crippen LogP) is 3.56. The highest BCUT2D eigenvalue weighted by Crippen LogP contribution is 2.14. The molecule has 1 aromatic carbocycles. The van der Waals surface area contributed by atoms with Crippen LogP contribution in [0.25, 0.3) is 0 Å². The Labute approximate surface area is 100 Å². The van der Waals surface area contributed by atoms with Gasteiger partial charge in [-0.1, -0.05) is 50.1 Å². The minimum absolute atomic E-state index is 0.608. The van der Waals surface area contributed by atoms with Crippen molar-refractivity contribution in [1.82, 2.24) is 5.32 Å².